The van der Waals surface area contributed by atoms with E-state index < -0.39 is 0 Å². The van der Waals surface area contributed by atoms with E-state index in [1.807, 2.05) is 36.4 Å². The van der Waals surface area contributed by atoms with Crippen molar-refractivity contribution in [2.24, 2.45) is 0 Å². The maximum Gasteiger partial charge on any atom is 0.258 e. The van der Waals surface area contributed by atoms with Crippen LogP contribution in [0, 0.1) is 0 Å². The topological polar surface area (TPSA) is 38.3 Å². The molecule has 1 unspecified atom stereocenters. The van der Waals surface area contributed by atoms with Crippen LogP contribution in [0.3, 0.4) is 0 Å². The first-order valence-electron chi connectivity index (χ1n) is 7.85. The Balaban J connectivity index is 1.53. The maximum atomic E-state index is 12.1. The Hall–Kier alpha value is -2.29. The number of carbonyl (C=O) groups excluding carboxylic acids is 1. The molecule has 1 amide bonds. The number of carbonyl (C=O) groups is 1. The van der Waals surface area contributed by atoms with Gasteiger partial charge in [-0.2, -0.15) is 0 Å². The second-order valence-corrected chi connectivity index (χ2v) is 5.64. The summed E-state index contributed by atoms with van der Waals surface area (Å²) in [6.07, 6.45) is 3.00. The summed E-state index contributed by atoms with van der Waals surface area (Å²) >= 11 is 0. The van der Waals surface area contributed by atoms with Gasteiger partial charge in [-0.3, -0.25) is 4.79 Å². The molecule has 0 bridgehead atoms. The number of hydrogen-bond acceptors (Lipinski definition) is 2. The van der Waals surface area contributed by atoms with Gasteiger partial charge in [0.05, 0.1) is 6.04 Å². The fourth-order valence-corrected chi connectivity index (χ4v) is 2.91. The fraction of sp³-hybridized carbons (Fsp3) is 0.316. The fourth-order valence-electron chi connectivity index (χ4n) is 2.91. The summed E-state index contributed by atoms with van der Waals surface area (Å²) < 4.78 is 5.55. The summed E-state index contributed by atoms with van der Waals surface area (Å²) in [6.45, 7) is 2.17. The first-order valence-corrected chi connectivity index (χ1v) is 7.85. The zero-order chi connectivity index (χ0) is 15.4. The monoisotopic (exact) mass is 295 g/mol. The number of ether oxygens (including phenoxy) is 1. The van der Waals surface area contributed by atoms with Crippen LogP contribution in [0.2, 0.25) is 0 Å². The Kier molecular flexibility index (Phi) is 4.42. The predicted octanol–water partition coefficient (Wildman–Crippen LogP) is 3.43. The minimum Gasteiger partial charge on any atom is -0.484 e. The third-order valence-electron chi connectivity index (χ3n) is 4.17. The van der Waals surface area contributed by atoms with Gasteiger partial charge in [0.2, 0.25) is 0 Å². The smallest absolute Gasteiger partial charge is 0.258 e. The predicted molar refractivity (Wildman–Crippen MR) is 87.0 cm³/mol. The number of aryl methyl sites for hydroxylation is 2. The Labute approximate surface area is 131 Å². The van der Waals surface area contributed by atoms with E-state index in [0.29, 0.717) is 0 Å². The van der Waals surface area contributed by atoms with Crippen LogP contribution in [0.25, 0.3) is 0 Å². The third-order valence-corrected chi connectivity index (χ3v) is 4.17. The van der Waals surface area contributed by atoms with Gasteiger partial charge in [-0.15, -0.1) is 0 Å². The average Bonchev–Trinajstić information content (AvgIpc) is 2.97. The van der Waals surface area contributed by atoms with Crippen molar-refractivity contribution in [3.05, 3.63) is 65.2 Å². The highest BCUT2D eigenvalue weighted by Gasteiger charge is 2.23. The lowest BCUT2D eigenvalue weighted by Gasteiger charge is -2.14. The second kappa shape index (κ2) is 6.65. The largest absolute Gasteiger partial charge is 0.484 e. The van der Waals surface area contributed by atoms with Gasteiger partial charge in [0.15, 0.2) is 6.61 Å². The Morgan fingerprint density at radius 1 is 1.18 bits per heavy atom. The van der Waals surface area contributed by atoms with Gasteiger partial charge in [-0.1, -0.05) is 43.3 Å². The van der Waals surface area contributed by atoms with Crippen LogP contribution in [0.4, 0.5) is 0 Å². The Morgan fingerprint density at radius 3 is 2.73 bits per heavy atom. The van der Waals surface area contributed by atoms with E-state index in [2.05, 4.69) is 24.4 Å². The summed E-state index contributed by atoms with van der Waals surface area (Å²) in [5, 5.41) is 3.06. The molecule has 0 spiro atoms. The van der Waals surface area contributed by atoms with E-state index in [1.165, 1.54) is 16.7 Å². The molecule has 0 aliphatic heterocycles. The van der Waals surface area contributed by atoms with E-state index >= 15 is 0 Å². The molecule has 3 nitrogen and oxygen atoms in total. The van der Waals surface area contributed by atoms with Crippen molar-refractivity contribution in [1.82, 2.24) is 5.32 Å². The number of hydrogen-bond donors (Lipinski definition) is 1. The molecule has 0 fully saturated rings. The molecule has 1 aliphatic carbocycles. The lowest BCUT2D eigenvalue weighted by atomic mass is 10.1. The molecule has 22 heavy (non-hydrogen) atoms. The number of nitrogens with one attached hydrogen (secondary N) is 1. The van der Waals surface area contributed by atoms with Crippen LogP contribution < -0.4 is 10.1 Å². The average molecular weight is 295 g/mol. The van der Waals surface area contributed by atoms with Crippen molar-refractivity contribution < 1.29 is 9.53 Å². The highest BCUT2D eigenvalue weighted by molar-refractivity contribution is 5.78. The highest BCUT2D eigenvalue weighted by Crippen LogP contribution is 2.30. The van der Waals surface area contributed by atoms with Gasteiger partial charge in [-0.05, 0) is 48.1 Å². The molecule has 0 radical (unpaired) electrons. The van der Waals surface area contributed by atoms with E-state index in [1.54, 1.807) is 0 Å². The molecule has 0 saturated carbocycles. The maximum absolute atomic E-state index is 12.1. The number of rotatable bonds is 5. The number of benzene rings is 2. The molecule has 2 aromatic rings. The minimum absolute atomic E-state index is 0.0597. The molecule has 0 heterocycles. The van der Waals surface area contributed by atoms with Crippen LogP contribution in [-0.2, 0) is 17.6 Å². The van der Waals surface area contributed by atoms with Crippen LogP contribution in [-0.4, -0.2) is 12.5 Å². The molecule has 1 N–H and O–H groups in total. The second-order valence-electron chi connectivity index (χ2n) is 5.64. The molecule has 3 heteroatoms. The van der Waals surface area contributed by atoms with Crippen molar-refractivity contribution in [2.45, 2.75) is 32.2 Å². The van der Waals surface area contributed by atoms with Crippen LogP contribution >= 0.6 is 0 Å². The van der Waals surface area contributed by atoms with Gasteiger partial charge in [0.25, 0.3) is 5.91 Å². The zero-order valence-electron chi connectivity index (χ0n) is 12.8. The van der Waals surface area contributed by atoms with Crippen LogP contribution in [0.1, 0.15) is 36.1 Å². The minimum atomic E-state index is -0.0683. The van der Waals surface area contributed by atoms with Crippen molar-refractivity contribution in [3.8, 4) is 5.75 Å². The molecule has 114 valence electrons. The third kappa shape index (κ3) is 3.30. The molecular formula is C19H21NO2. The standard InChI is InChI=1S/C19H21NO2/c1-2-14-7-10-16(11-8-14)22-13-19(21)20-18-12-9-15-5-3-4-6-17(15)18/h3-8,10-11,18H,2,9,12-13H2,1H3,(H,20,21). The Morgan fingerprint density at radius 2 is 1.95 bits per heavy atom. The molecule has 0 saturated heterocycles. The lowest BCUT2D eigenvalue weighted by molar-refractivity contribution is -0.123. The first kappa shape index (κ1) is 14.6. The number of fused-ring (bicyclic) bond motifs is 1. The molecule has 3 rings (SSSR count). The summed E-state index contributed by atoms with van der Waals surface area (Å²) in [5.41, 5.74) is 3.84. The van der Waals surface area contributed by atoms with Gasteiger partial charge in [0, 0.05) is 0 Å². The summed E-state index contributed by atoms with van der Waals surface area (Å²) in [5.74, 6) is 0.667. The highest BCUT2D eigenvalue weighted by atomic mass is 16.5. The lowest BCUT2D eigenvalue weighted by Crippen LogP contribution is -2.31. The van der Waals surface area contributed by atoms with Gasteiger partial charge >= 0.3 is 0 Å². The van der Waals surface area contributed by atoms with Crippen molar-refractivity contribution in [1.29, 1.82) is 0 Å². The van der Waals surface area contributed by atoms with E-state index in [-0.39, 0.29) is 18.6 Å². The van der Waals surface area contributed by atoms with Crippen molar-refractivity contribution >= 4 is 5.91 Å². The summed E-state index contributed by atoms with van der Waals surface area (Å²) in [6, 6.07) is 16.3. The van der Waals surface area contributed by atoms with E-state index in [9.17, 15) is 4.79 Å². The van der Waals surface area contributed by atoms with Crippen LogP contribution in [0.15, 0.2) is 48.5 Å². The summed E-state index contributed by atoms with van der Waals surface area (Å²) in [7, 11) is 0. The van der Waals surface area contributed by atoms with Gasteiger partial charge in [-0.25, -0.2) is 0 Å². The summed E-state index contributed by atoms with van der Waals surface area (Å²) in [4.78, 5) is 12.1. The molecule has 1 aliphatic rings. The van der Waals surface area contributed by atoms with Gasteiger partial charge < -0.3 is 10.1 Å². The quantitative estimate of drug-likeness (QED) is 0.917. The van der Waals surface area contributed by atoms with Gasteiger partial charge in [0.1, 0.15) is 5.75 Å². The van der Waals surface area contributed by atoms with Crippen molar-refractivity contribution in [3.63, 3.8) is 0 Å². The SMILES string of the molecule is CCc1ccc(OCC(=O)NC2CCc3ccccc32)cc1. The molecular weight excluding hydrogens is 274 g/mol. The normalized spacial score (nSPS) is 16.1. The Bertz CT molecular complexity index is 649. The van der Waals surface area contributed by atoms with Crippen molar-refractivity contribution in [2.75, 3.05) is 6.61 Å². The van der Waals surface area contributed by atoms with Crippen LogP contribution in [0.5, 0.6) is 5.75 Å². The van der Waals surface area contributed by atoms with E-state index in [0.717, 1.165) is 25.0 Å². The molecule has 0 aromatic heterocycles. The molecule has 2 aromatic carbocycles. The first-order chi connectivity index (χ1) is 10.8. The number of amides is 1. The zero-order valence-corrected chi connectivity index (χ0v) is 12.8. The molecule has 1 atom stereocenters. The van der Waals surface area contributed by atoms with E-state index in [4.69, 9.17) is 4.74 Å².